The molecule has 0 aliphatic carbocycles. The molecule has 2 aromatic carbocycles. The van der Waals surface area contributed by atoms with Crippen molar-refractivity contribution in [2.75, 3.05) is 25.4 Å². The van der Waals surface area contributed by atoms with Crippen LogP contribution in [0.3, 0.4) is 0 Å². The fraction of sp³-hybridized carbons (Fsp3) is 0.286. The molecule has 3 aromatic rings. The molecule has 0 spiro atoms. The summed E-state index contributed by atoms with van der Waals surface area (Å²) in [6.45, 7) is 1.56. The van der Waals surface area contributed by atoms with Crippen LogP contribution in [0.25, 0.3) is 10.8 Å². The van der Waals surface area contributed by atoms with Crippen LogP contribution in [-0.2, 0) is 4.79 Å². The molecular formula is C21H21NO3S. The molecule has 4 rings (SSSR count). The van der Waals surface area contributed by atoms with Gasteiger partial charge in [0, 0.05) is 18.8 Å². The number of hydrogen-bond acceptors (Lipinski definition) is 4. The van der Waals surface area contributed by atoms with Crippen molar-refractivity contribution in [1.82, 2.24) is 4.90 Å². The highest BCUT2D eigenvalue weighted by Gasteiger charge is 2.23. The van der Waals surface area contributed by atoms with Gasteiger partial charge in [-0.25, -0.2) is 0 Å². The Morgan fingerprint density at radius 3 is 2.85 bits per heavy atom. The molecule has 1 amide bonds. The number of fused-ring (bicyclic) bond motifs is 1. The third kappa shape index (κ3) is 3.88. The van der Waals surface area contributed by atoms with E-state index in [-0.39, 0.29) is 12.5 Å². The summed E-state index contributed by atoms with van der Waals surface area (Å²) in [5.74, 6) is 2.68. The molecular weight excluding hydrogens is 346 g/mol. The molecule has 1 atom stereocenters. The summed E-state index contributed by atoms with van der Waals surface area (Å²) in [7, 11) is 0. The maximum absolute atomic E-state index is 12.5. The number of amides is 1. The van der Waals surface area contributed by atoms with Crippen molar-refractivity contribution in [2.45, 2.75) is 11.7 Å². The number of hydrogen-bond donors (Lipinski definition) is 0. The zero-order valence-corrected chi connectivity index (χ0v) is 15.3. The maximum Gasteiger partial charge on any atom is 0.260 e. The van der Waals surface area contributed by atoms with E-state index >= 15 is 0 Å². The molecule has 1 saturated heterocycles. The van der Waals surface area contributed by atoms with Crippen LogP contribution in [0.1, 0.15) is 17.4 Å². The van der Waals surface area contributed by atoms with Crippen LogP contribution in [-0.4, -0.2) is 36.3 Å². The lowest BCUT2D eigenvalue weighted by atomic mass is 10.1. The van der Waals surface area contributed by atoms with Gasteiger partial charge in [-0.3, -0.25) is 4.79 Å². The predicted octanol–water partition coefficient (Wildman–Crippen LogP) is 4.52. The Labute approximate surface area is 157 Å². The van der Waals surface area contributed by atoms with E-state index in [0.29, 0.717) is 5.25 Å². The first kappa shape index (κ1) is 17.0. The Balaban J connectivity index is 1.34. The fourth-order valence-corrected chi connectivity index (χ4v) is 4.40. The molecule has 4 nitrogen and oxygen atoms in total. The summed E-state index contributed by atoms with van der Waals surface area (Å²) < 4.78 is 11.3. The largest absolute Gasteiger partial charge is 0.484 e. The molecule has 1 aliphatic heterocycles. The van der Waals surface area contributed by atoms with Gasteiger partial charge in [-0.05, 0) is 41.5 Å². The van der Waals surface area contributed by atoms with Crippen LogP contribution in [0.5, 0.6) is 5.75 Å². The highest BCUT2D eigenvalue weighted by Crippen LogP contribution is 2.34. The highest BCUT2D eigenvalue weighted by atomic mass is 32.2. The lowest BCUT2D eigenvalue weighted by Gasteiger charge is -2.20. The quantitative estimate of drug-likeness (QED) is 0.680. The van der Waals surface area contributed by atoms with Crippen molar-refractivity contribution < 1.29 is 13.9 Å². The van der Waals surface area contributed by atoms with Crippen LogP contribution < -0.4 is 4.74 Å². The van der Waals surface area contributed by atoms with E-state index in [0.717, 1.165) is 42.2 Å². The number of rotatable bonds is 4. The fourth-order valence-electron chi connectivity index (χ4n) is 3.22. The van der Waals surface area contributed by atoms with Crippen LogP contribution >= 0.6 is 11.8 Å². The second-order valence-corrected chi connectivity index (χ2v) is 7.65. The molecule has 1 aliphatic rings. The van der Waals surface area contributed by atoms with Gasteiger partial charge in [0.2, 0.25) is 0 Å². The van der Waals surface area contributed by atoms with Crippen molar-refractivity contribution >= 4 is 28.4 Å². The number of carbonyl (C=O) groups excluding carboxylic acids is 1. The number of thioether (sulfide) groups is 1. The molecule has 0 radical (unpaired) electrons. The van der Waals surface area contributed by atoms with Crippen LogP contribution in [0.4, 0.5) is 0 Å². The summed E-state index contributed by atoms with van der Waals surface area (Å²) in [6.07, 6.45) is 2.61. The average Bonchev–Trinajstić information content (AvgIpc) is 3.10. The van der Waals surface area contributed by atoms with E-state index in [4.69, 9.17) is 9.15 Å². The third-order valence-electron chi connectivity index (χ3n) is 4.64. The van der Waals surface area contributed by atoms with Gasteiger partial charge in [-0.1, -0.05) is 30.3 Å². The molecule has 1 aromatic heterocycles. The first-order valence-electron chi connectivity index (χ1n) is 8.84. The molecule has 0 bridgehead atoms. The van der Waals surface area contributed by atoms with Gasteiger partial charge in [-0.2, -0.15) is 0 Å². The predicted molar refractivity (Wildman–Crippen MR) is 105 cm³/mol. The molecule has 1 fully saturated rings. The molecule has 0 N–H and O–H groups in total. The Hall–Kier alpha value is -2.40. The normalized spacial score (nSPS) is 17.8. The Morgan fingerprint density at radius 2 is 2.00 bits per heavy atom. The van der Waals surface area contributed by atoms with E-state index in [1.165, 1.54) is 5.39 Å². The lowest BCUT2D eigenvalue weighted by Crippen LogP contribution is -2.36. The van der Waals surface area contributed by atoms with Crippen molar-refractivity contribution in [2.24, 2.45) is 0 Å². The van der Waals surface area contributed by atoms with Crippen molar-refractivity contribution in [3.8, 4) is 5.75 Å². The SMILES string of the molecule is O=C(COc1ccc2ccccc2c1)N1CCSC(c2ccco2)CC1. The van der Waals surface area contributed by atoms with E-state index < -0.39 is 0 Å². The van der Waals surface area contributed by atoms with Gasteiger partial charge in [0.05, 0.1) is 11.5 Å². The lowest BCUT2D eigenvalue weighted by molar-refractivity contribution is -0.133. The summed E-state index contributed by atoms with van der Waals surface area (Å²) in [5, 5.41) is 2.61. The monoisotopic (exact) mass is 367 g/mol. The molecule has 1 unspecified atom stereocenters. The summed E-state index contributed by atoms with van der Waals surface area (Å²) >= 11 is 1.85. The van der Waals surface area contributed by atoms with Crippen LogP contribution in [0, 0.1) is 0 Å². The smallest absolute Gasteiger partial charge is 0.260 e. The first-order valence-corrected chi connectivity index (χ1v) is 9.89. The first-order chi connectivity index (χ1) is 12.8. The minimum Gasteiger partial charge on any atom is -0.484 e. The second-order valence-electron chi connectivity index (χ2n) is 6.34. The maximum atomic E-state index is 12.5. The minimum absolute atomic E-state index is 0.0406. The van der Waals surface area contributed by atoms with E-state index in [1.54, 1.807) is 6.26 Å². The van der Waals surface area contributed by atoms with E-state index in [1.807, 2.05) is 65.2 Å². The van der Waals surface area contributed by atoms with E-state index in [2.05, 4.69) is 6.07 Å². The van der Waals surface area contributed by atoms with Crippen molar-refractivity contribution in [3.63, 3.8) is 0 Å². The number of furan rings is 1. The van der Waals surface area contributed by atoms with Gasteiger partial charge in [-0.15, -0.1) is 11.8 Å². The zero-order valence-electron chi connectivity index (χ0n) is 14.5. The standard InChI is InChI=1S/C21H21NO3S/c23-21(15-25-18-8-7-16-4-1-2-5-17(16)14-18)22-10-9-20(26-13-11-22)19-6-3-12-24-19/h1-8,12,14,20H,9-11,13,15H2. The summed E-state index contributed by atoms with van der Waals surface area (Å²) in [4.78, 5) is 14.4. The molecule has 0 saturated carbocycles. The second kappa shape index (κ2) is 7.87. The van der Waals surface area contributed by atoms with Crippen molar-refractivity contribution in [3.05, 3.63) is 66.6 Å². The molecule has 26 heavy (non-hydrogen) atoms. The van der Waals surface area contributed by atoms with Gasteiger partial charge in [0.1, 0.15) is 11.5 Å². The zero-order chi connectivity index (χ0) is 17.8. The topological polar surface area (TPSA) is 42.7 Å². The van der Waals surface area contributed by atoms with Gasteiger partial charge in [0.15, 0.2) is 6.61 Å². The number of benzene rings is 2. The Morgan fingerprint density at radius 1 is 1.12 bits per heavy atom. The summed E-state index contributed by atoms with van der Waals surface area (Å²) in [5.41, 5.74) is 0. The van der Waals surface area contributed by atoms with Gasteiger partial charge < -0.3 is 14.1 Å². The number of nitrogens with zero attached hydrogens (tertiary/aromatic N) is 1. The Kier molecular flexibility index (Phi) is 5.16. The average molecular weight is 367 g/mol. The highest BCUT2D eigenvalue weighted by molar-refractivity contribution is 7.99. The minimum atomic E-state index is 0.0406. The third-order valence-corrected chi connectivity index (χ3v) is 5.93. The molecule has 5 heteroatoms. The van der Waals surface area contributed by atoms with Crippen LogP contribution in [0.2, 0.25) is 0 Å². The summed E-state index contributed by atoms with van der Waals surface area (Å²) in [6, 6.07) is 18.0. The van der Waals surface area contributed by atoms with E-state index in [9.17, 15) is 4.79 Å². The molecule has 134 valence electrons. The van der Waals surface area contributed by atoms with Gasteiger partial charge >= 0.3 is 0 Å². The van der Waals surface area contributed by atoms with Crippen LogP contribution in [0.15, 0.2) is 65.3 Å². The molecule has 2 heterocycles. The Bertz CT molecular complexity index is 878. The number of ether oxygens (including phenoxy) is 1. The van der Waals surface area contributed by atoms with Gasteiger partial charge in [0.25, 0.3) is 5.91 Å². The number of carbonyl (C=O) groups is 1. The van der Waals surface area contributed by atoms with Crippen molar-refractivity contribution in [1.29, 1.82) is 0 Å².